The number of rotatable bonds is 5. The SMILES string of the molecule is COc1nc(-c2cnc(N(C)C3CC4CCC(C3)N4)cn2)ccc1-c1cn[nH]c1. The molecule has 2 bridgehead atoms. The largest absolute Gasteiger partial charge is 0.481 e. The number of anilines is 1. The van der Waals surface area contributed by atoms with E-state index in [1.807, 2.05) is 24.5 Å². The highest BCUT2D eigenvalue weighted by molar-refractivity contribution is 5.70. The van der Waals surface area contributed by atoms with E-state index in [2.05, 4.69) is 42.4 Å². The quantitative estimate of drug-likeness (QED) is 0.691. The van der Waals surface area contributed by atoms with Gasteiger partial charge in [0, 0.05) is 42.5 Å². The van der Waals surface area contributed by atoms with E-state index in [4.69, 9.17) is 4.74 Å². The van der Waals surface area contributed by atoms with Crippen LogP contribution in [0.15, 0.2) is 36.9 Å². The number of hydrogen-bond acceptors (Lipinski definition) is 7. The van der Waals surface area contributed by atoms with Crippen molar-refractivity contribution in [3.8, 4) is 28.4 Å². The maximum absolute atomic E-state index is 5.48. The number of aromatic amines is 1. The number of fused-ring (bicyclic) bond motifs is 2. The molecule has 3 aromatic heterocycles. The molecular weight excluding hydrogens is 366 g/mol. The van der Waals surface area contributed by atoms with E-state index >= 15 is 0 Å². The average Bonchev–Trinajstić information content (AvgIpc) is 3.42. The van der Waals surface area contributed by atoms with Gasteiger partial charge in [0.25, 0.3) is 0 Å². The summed E-state index contributed by atoms with van der Waals surface area (Å²) in [7, 11) is 3.74. The summed E-state index contributed by atoms with van der Waals surface area (Å²) in [6.07, 6.45) is 12.1. The average molecular weight is 391 g/mol. The maximum atomic E-state index is 5.48. The number of piperidine rings is 1. The van der Waals surface area contributed by atoms with Crippen LogP contribution >= 0.6 is 0 Å². The van der Waals surface area contributed by atoms with E-state index in [1.165, 1.54) is 25.7 Å². The fourth-order valence-corrected chi connectivity index (χ4v) is 4.52. The molecule has 2 N–H and O–H groups in total. The van der Waals surface area contributed by atoms with Crippen LogP contribution in [-0.2, 0) is 0 Å². The molecule has 2 unspecified atom stereocenters. The molecule has 2 aliphatic heterocycles. The van der Waals surface area contributed by atoms with E-state index in [1.54, 1.807) is 19.5 Å². The minimum Gasteiger partial charge on any atom is -0.481 e. The Labute approximate surface area is 169 Å². The summed E-state index contributed by atoms with van der Waals surface area (Å²) in [5.74, 6) is 1.44. The number of aromatic nitrogens is 5. The number of H-pyrrole nitrogens is 1. The number of ether oxygens (including phenoxy) is 1. The van der Waals surface area contributed by atoms with Gasteiger partial charge in [-0.3, -0.25) is 5.10 Å². The molecule has 0 amide bonds. The van der Waals surface area contributed by atoms with Crippen LogP contribution in [0.25, 0.3) is 22.5 Å². The number of methoxy groups -OCH3 is 1. The Hall–Kier alpha value is -3.00. The van der Waals surface area contributed by atoms with Gasteiger partial charge in [-0.1, -0.05) is 0 Å². The second kappa shape index (κ2) is 7.44. The topological polar surface area (TPSA) is 91.8 Å². The lowest BCUT2D eigenvalue weighted by molar-refractivity contribution is 0.353. The fraction of sp³-hybridized carbons (Fsp3) is 0.429. The van der Waals surface area contributed by atoms with Crippen LogP contribution in [0.4, 0.5) is 5.82 Å². The fourth-order valence-electron chi connectivity index (χ4n) is 4.52. The number of nitrogens with zero attached hydrogens (tertiary/aromatic N) is 5. The first-order valence-corrected chi connectivity index (χ1v) is 10.1. The highest BCUT2D eigenvalue weighted by Gasteiger charge is 2.35. The molecule has 5 rings (SSSR count). The molecule has 0 aromatic carbocycles. The summed E-state index contributed by atoms with van der Waals surface area (Å²) in [4.78, 5) is 16.2. The summed E-state index contributed by atoms with van der Waals surface area (Å²) >= 11 is 0. The summed E-state index contributed by atoms with van der Waals surface area (Å²) in [5, 5.41) is 10.5. The Bertz CT molecular complexity index is 961. The first-order valence-electron chi connectivity index (χ1n) is 10.1. The van der Waals surface area contributed by atoms with Crippen molar-refractivity contribution in [3.05, 3.63) is 36.9 Å². The monoisotopic (exact) mass is 391 g/mol. The molecule has 8 nitrogen and oxygen atoms in total. The molecule has 2 aliphatic rings. The first kappa shape index (κ1) is 18.1. The van der Waals surface area contributed by atoms with Crippen molar-refractivity contribution in [2.45, 2.75) is 43.8 Å². The molecule has 150 valence electrons. The highest BCUT2D eigenvalue weighted by atomic mass is 16.5. The van der Waals surface area contributed by atoms with Gasteiger partial charge in [0.05, 0.1) is 31.4 Å². The Morgan fingerprint density at radius 2 is 1.86 bits per heavy atom. The van der Waals surface area contributed by atoms with E-state index in [9.17, 15) is 0 Å². The normalized spacial score (nSPS) is 23.2. The number of pyridine rings is 1. The van der Waals surface area contributed by atoms with Crippen molar-refractivity contribution in [2.75, 3.05) is 19.1 Å². The van der Waals surface area contributed by atoms with Crippen molar-refractivity contribution in [3.63, 3.8) is 0 Å². The predicted molar refractivity (Wildman–Crippen MR) is 111 cm³/mol. The molecule has 29 heavy (non-hydrogen) atoms. The van der Waals surface area contributed by atoms with Crippen LogP contribution in [0.1, 0.15) is 25.7 Å². The lowest BCUT2D eigenvalue weighted by atomic mass is 9.99. The van der Waals surface area contributed by atoms with Crippen molar-refractivity contribution >= 4 is 5.82 Å². The highest BCUT2D eigenvalue weighted by Crippen LogP contribution is 2.32. The Kier molecular flexibility index (Phi) is 4.63. The van der Waals surface area contributed by atoms with Gasteiger partial charge in [-0.2, -0.15) is 5.10 Å². The van der Waals surface area contributed by atoms with Crippen molar-refractivity contribution in [1.29, 1.82) is 0 Å². The molecule has 0 radical (unpaired) electrons. The Balaban J connectivity index is 1.36. The second-order valence-corrected chi connectivity index (χ2v) is 7.87. The third-order valence-corrected chi connectivity index (χ3v) is 6.12. The van der Waals surface area contributed by atoms with Crippen LogP contribution in [0.5, 0.6) is 5.88 Å². The van der Waals surface area contributed by atoms with E-state index in [-0.39, 0.29) is 0 Å². The zero-order valence-electron chi connectivity index (χ0n) is 16.7. The second-order valence-electron chi connectivity index (χ2n) is 7.87. The van der Waals surface area contributed by atoms with E-state index in [0.717, 1.165) is 28.3 Å². The van der Waals surface area contributed by atoms with Crippen molar-refractivity contribution in [2.24, 2.45) is 0 Å². The standard InChI is InChI=1S/C21H25N7O/c1-28(16-7-14-3-4-15(8-16)26-14)20-12-22-19(11-23-20)18-6-5-17(21(27-18)29-2)13-9-24-25-10-13/h5-6,9-12,14-16,26H,3-4,7-8H2,1-2H3,(H,24,25). The zero-order valence-corrected chi connectivity index (χ0v) is 16.7. The van der Waals surface area contributed by atoms with Crippen molar-refractivity contribution in [1.82, 2.24) is 30.5 Å². The molecule has 2 atom stereocenters. The summed E-state index contributed by atoms with van der Waals surface area (Å²) in [6, 6.07) is 5.72. The molecule has 2 saturated heterocycles. The van der Waals surface area contributed by atoms with Crippen LogP contribution in [-0.4, -0.2) is 57.4 Å². The van der Waals surface area contributed by atoms with Gasteiger partial charge in [-0.05, 0) is 37.8 Å². The smallest absolute Gasteiger partial charge is 0.221 e. The molecule has 0 saturated carbocycles. The minimum absolute atomic E-state index is 0.515. The molecular formula is C21H25N7O. The van der Waals surface area contributed by atoms with Gasteiger partial charge in [0.15, 0.2) is 0 Å². The minimum atomic E-state index is 0.515. The van der Waals surface area contributed by atoms with E-state index in [0.29, 0.717) is 24.0 Å². The molecule has 0 aliphatic carbocycles. The molecule has 8 heteroatoms. The lowest BCUT2D eigenvalue weighted by Gasteiger charge is -2.36. The maximum Gasteiger partial charge on any atom is 0.221 e. The van der Waals surface area contributed by atoms with Crippen LogP contribution in [0.3, 0.4) is 0 Å². The zero-order chi connectivity index (χ0) is 19.8. The van der Waals surface area contributed by atoms with Gasteiger partial charge >= 0.3 is 0 Å². The van der Waals surface area contributed by atoms with E-state index < -0.39 is 0 Å². The molecule has 3 aromatic rings. The molecule has 5 heterocycles. The molecule has 2 fully saturated rings. The van der Waals surface area contributed by atoms with Gasteiger partial charge in [-0.25, -0.2) is 15.0 Å². The van der Waals surface area contributed by atoms with Gasteiger partial charge in [0.1, 0.15) is 11.5 Å². The van der Waals surface area contributed by atoms with Crippen LogP contribution < -0.4 is 15.0 Å². The van der Waals surface area contributed by atoms with Gasteiger partial charge < -0.3 is 15.0 Å². The lowest BCUT2D eigenvalue weighted by Crippen LogP contribution is -2.47. The van der Waals surface area contributed by atoms with Gasteiger partial charge in [0.2, 0.25) is 5.88 Å². The predicted octanol–water partition coefficient (Wildman–Crippen LogP) is 2.66. The Morgan fingerprint density at radius 1 is 1.03 bits per heavy atom. The Morgan fingerprint density at radius 3 is 2.52 bits per heavy atom. The number of nitrogens with one attached hydrogen (secondary N) is 2. The first-order chi connectivity index (χ1) is 14.2. The third kappa shape index (κ3) is 3.44. The molecule has 0 spiro atoms. The van der Waals surface area contributed by atoms with Crippen molar-refractivity contribution < 1.29 is 4.74 Å². The summed E-state index contributed by atoms with van der Waals surface area (Å²) < 4.78 is 5.48. The van der Waals surface area contributed by atoms with Crippen LogP contribution in [0, 0.1) is 0 Å². The summed E-state index contributed by atoms with van der Waals surface area (Å²) in [5.41, 5.74) is 3.27. The van der Waals surface area contributed by atoms with Gasteiger partial charge in [-0.15, -0.1) is 0 Å². The number of hydrogen-bond donors (Lipinski definition) is 2. The van der Waals surface area contributed by atoms with Crippen LogP contribution in [0.2, 0.25) is 0 Å². The third-order valence-electron chi connectivity index (χ3n) is 6.12. The summed E-state index contributed by atoms with van der Waals surface area (Å²) in [6.45, 7) is 0.